The van der Waals surface area contributed by atoms with Gasteiger partial charge < -0.3 is 0 Å². The van der Waals surface area contributed by atoms with E-state index in [0.717, 1.165) is 6.42 Å². The normalized spacial score (nSPS) is 24.5. The summed E-state index contributed by atoms with van der Waals surface area (Å²) in [6.45, 7) is 4.15. The van der Waals surface area contributed by atoms with Crippen LogP contribution < -0.4 is 5.43 Å². The minimum absolute atomic E-state index is 0.252. The largest absolute Gasteiger partial charge is 0.274 e. The number of hydrogen-bond donors (Lipinski definition) is 1. The molecule has 6 nitrogen and oxygen atoms in total. The van der Waals surface area contributed by atoms with Crippen LogP contribution in [0.2, 0.25) is 0 Å². The highest BCUT2D eigenvalue weighted by atomic mass is 16.2. The maximum absolute atomic E-state index is 11.3. The first-order valence-electron chi connectivity index (χ1n) is 4.52. The van der Waals surface area contributed by atoms with Gasteiger partial charge in [0, 0.05) is 6.42 Å². The van der Waals surface area contributed by atoms with Gasteiger partial charge in [0.05, 0.1) is 0 Å². The summed E-state index contributed by atoms with van der Waals surface area (Å²) < 4.78 is 0. The van der Waals surface area contributed by atoms with E-state index in [1.165, 1.54) is 0 Å². The standard InChI is InChI=1S/C8H11N5O/c1-4(2)3-5-9-6-7(10-5)11-13-12-8(6)14/h4,6H,3H2,1-2H3,(H,9,10,11,12,14). The Bertz CT molecular complexity index is 355. The van der Waals surface area contributed by atoms with E-state index >= 15 is 0 Å². The van der Waals surface area contributed by atoms with Crippen LogP contribution in [0.25, 0.3) is 0 Å². The predicted molar refractivity (Wildman–Crippen MR) is 51.1 cm³/mol. The zero-order chi connectivity index (χ0) is 10.1. The SMILES string of the molecule is CC(C)CC1=NC2C(=O)NN=NC2=N1. The number of nitrogens with zero attached hydrogens (tertiary/aromatic N) is 4. The van der Waals surface area contributed by atoms with Crippen molar-refractivity contribution in [2.45, 2.75) is 26.3 Å². The maximum atomic E-state index is 11.3. The van der Waals surface area contributed by atoms with E-state index in [1.54, 1.807) is 0 Å². The molecule has 1 N–H and O–H groups in total. The van der Waals surface area contributed by atoms with Crippen molar-refractivity contribution in [3.8, 4) is 0 Å². The second-order valence-electron chi connectivity index (χ2n) is 3.69. The Morgan fingerprint density at radius 1 is 1.50 bits per heavy atom. The van der Waals surface area contributed by atoms with Crippen LogP contribution in [0.15, 0.2) is 20.3 Å². The van der Waals surface area contributed by atoms with Crippen molar-refractivity contribution in [1.82, 2.24) is 5.43 Å². The Morgan fingerprint density at radius 3 is 2.93 bits per heavy atom. The van der Waals surface area contributed by atoms with Gasteiger partial charge in [-0.15, -0.1) is 5.11 Å². The van der Waals surface area contributed by atoms with Crippen molar-refractivity contribution >= 4 is 17.6 Å². The fraction of sp³-hybridized carbons (Fsp3) is 0.625. The Morgan fingerprint density at radius 2 is 2.29 bits per heavy atom. The number of rotatable bonds is 2. The van der Waals surface area contributed by atoms with Gasteiger partial charge in [-0.3, -0.25) is 4.79 Å². The molecule has 0 fully saturated rings. The van der Waals surface area contributed by atoms with E-state index < -0.39 is 6.04 Å². The monoisotopic (exact) mass is 193 g/mol. The fourth-order valence-corrected chi connectivity index (χ4v) is 1.33. The summed E-state index contributed by atoms with van der Waals surface area (Å²) in [7, 11) is 0. The molecular weight excluding hydrogens is 182 g/mol. The van der Waals surface area contributed by atoms with Crippen LogP contribution in [0, 0.1) is 5.92 Å². The molecule has 0 spiro atoms. The molecule has 0 aromatic heterocycles. The summed E-state index contributed by atoms with van der Waals surface area (Å²) in [6.07, 6.45) is 0.767. The van der Waals surface area contributed by atoms with Crippen LogP contribution in [0.4, 0.5) is 0 Å². The van der Waals surface area contributed by atoms with Crippen LogP contribution in [0.3, 0.4) is 0 Å². The maximum Gasteiger partial charge on any atom is 0.274 e. The first-order valence-corrected chi connectivity index (χ1v) is 4.52. The van der Waals surface area contributed by atoms with E-state index in [2.05, 4.69) is 39.6 Å². The number of nitrogens with one attached hydrogen (secondary N) is 1. The Kier molecular flexibility index (Phi) is 2.11. The van der Waals surface area contributed by atoms with Crippen LogP contribution in [0.5, 0.6) is 0 Å². The molecule has 6 heteroatoms. The third-order valence-electron chi connectivity index (χ3n) is 1.92. The molecule has 0 bridgehead atoms. The average Bonchev–Trinajstić information content (AvgIpc) is 2.47. The van der Waals surface area contributed by atoms with E-state index in [9.17, 15) is 4.79 Å². The van der Waals surface area contributed by atoms with Gasteiger partial charge in [-0.25, -0.2) is 15.4 Å². The van der Waals surface area contributed by atoms with Gasteiger partial charge in [0.2, 0.25) is 0 Å². The Labute approximate surface area is 81.2 Å². The number of carbonyl (C=O) groups is 1. The smallest absolute Gasteiger partial charge is 0.270 e. The number of fused-ring (bicyclic) bond motifs is 1. The molecule has 1 amide bonds. The lowest BCUT2D eigenvalue weighted by molar-refractivity contribution is -0.121. The highest BCUT2D eigenvalue weighted by molar-refractivity contribution is 6.16. The zero-order valence-electron chi connectivity index (χ0n) is 8.06. The van der Waals surface area contributed by atoms with Crippen LogP contribution in [0.1, 0.15) is 20.3 Å². The van der Waals surface area contributed by atoms with E-state index in [4.69, 9.17) is 0 Å². The Balaban J connectivity index is 2.19. The highest BCUT2D eigenvalue weighted by Crippen LogP contribution is 2.15. The summed E-state index contributed by atoms with van der Waals surface area (Å²) in [5.74, 6) is 1.32. The van der Waals surface area contributed by atoms with Crippen molar-refractivity contribution in [2.75, 3.05) is 0 Å². The molecule has 0 aromatic carbocycles. The second-order valence-corrected chi connectivity index (χ2v) is 3.69. The minimum atomic E-state index is -0.568. The molecule has 1 atom stereocenters. The van der Waals surface area contributed by atoms with Crippen LogP contribution >= 0.6 is 0 Å². The van der Waals surface area contributed by atoms with E-state index in [1.807, 2.05) is 0 Å². The number of carbonyl (C=O) groups excluding carboxylic acids is 1. The van der Waals surface area contributed by atoms with Gasteiger partial charge in [-0.2, -0.15) is 0 Å². The van der Waals surface area contributed by atoms with Crippen molar-refractivity contribution < 1.29 is 4.79 Å². The summed E-state index contributed by atoms with van der Waals surface area (Å²) in [6, 6.07) is -0.568. The first-order chi connectivity index (χ1) is 6.66. The number of aliphatic imine (C=N–C) groups is 2. The third kappa shape index (κ3) is 1.55. The minimum Gasteiger partial charge on any atom is -0.270 e. The lowest BCUT2D eigenvalue weighted by Gasteiger charge is -2.07. The quantitative estimate of drug-likeness (QED) is 0.688. The molecule has 0 saturated carbocycles. The van der Waals surface area contributed by atoms with Crippen LogP contribution in [-0.2, 0) is 4.79 Å². The van der Waals surface area contributed by atoms with E-state index in [0.29, 0.717) is 17.6 Å². The molecule has 2 rings (SSSR count). The molecule has 74 valence electrons. The van der Waals surface area contributed by atoms with Crippen molar-refractivity contribution in [1.29, 1.82) is 0 Å². The van der Waals surface area contributed by atoms with Gasteiger partial charge in [-0.1, -0.05) is 19.1 Å². The third-order valence-corrected chi connectivity index (χ3v) is 1.92. The molecular formula is C8H11N5O. The summed E-state index contributed by atoms with van der Waals surface area (Å²) in [4.78, 5) is 19.6. The summed E-state index contributed by atoms with van der Waals surface area (Å²) in [5.41, 5.74) is 2.26. The van der Waals surface area contributed by atoms with Crippen molar-refractivity contribution in [3.05, 3.63) is 0 Å². The van der Waals surface area contributed by atoms with Crippen molar-refractivity contribution in [2.24, 2.45) is 26.2 Å². The molecule has 1 unspecified atom stereocenters. The van der Waals surface area contributed by atoms with Gasteiger partial charge in [0.1, 0.15) is 5.84 Å². The summed E-state index contributed by atoms with van der Waals surface area (Å²) >= 11 is 0. The highest BCUT2D eigenvalue weighted by Gasteiger charge is 2.32. The van der Waals surface area contributed by atoms with Gasteiger partial charge in [0.25, 0.3) is 5.91 Å². The lowest BCUT2D eigenvalue weighted by Crippen LogP contribution is -2.37. The molecule has 0 aromatic rings. The number of amides is 1. The molecule has 0 saturated heterocycles. The topological polar surface area (TPSA) is 78.5 Å². The summed E-state index contributed by atoms with van der Waals surface area (Å²) in [5, 5.41) is 7.16. The zero-order valence-corrected chi connectivity index (χ0v) is 8.06. The Hall–Kier alpha value is -1.59. The first kappa shape index (κ1) is 8.98. The second kappa shape index (κ2) is 3.28. The van der Waals surface area contributed by atoms with Gasteiger partial charge >= 0.3 is 0 Å². The van der Waals surface area contributed by atoms with Gasteiger partial charge in [-0.05, 0) is 5.92 Å². The van der Waals surface area contributed by atoms with Crippen molar-refractivity contribution in [3.63, 3.8) is 0 Å². The van der Waals surface area contributed by atoms with Gasteiger partial charge in [0.15, 0.2) is 11.9 Å². The molecule has 2 heterocycles. The van der Waals surface area contributed by atoms with Crippen LogP contribution in [-0.4, -0.2) is 23.6 Å². The number of amidine groups is 2. The fourth-order valence-electron chi connectivity index (χ4n) is 1.33. The molecule has 0 radical (unpaired) electrons. The average molecular weight is 193 g/mol. The molecule has 2 aliphatic heterocycles. The lowest BCUT2D eigenvalue weighted by atomic mass is 10.1. The molecule has 14 heavy (non-hydrogen) atoms. The number of hydrogen-bond acceptors (Lipinski definition) is 5. The molecule has 2 aliphatic rings. The molecule has 0 aliphatic carbocycles. The van der Waals surface area contributed by atoms with E-state index in [-0.39, 0.29) is 5.91 Å². The predicted octanol–water partition coefficient (Wildman–Crippen LogP) is 0.709.